The van der Waals surface area contributed by atoms with Gasteiger partial charge in [-0.3, -0.25) is 9.69 Å². The van der Waals surface area contributed by atoms with Crippen LogP contribution in [0.25, 0.3) is 0 Å². The van der Waals surface area contributed by atoms with Gasteiger partial charge in [-0.1, -0.05) is 13.8 Å². The molecule has 1 saturated heterocycles. The molecule has 1 N–H and O–H groups in total. The summed E-state index contributed by atoms with van der Waals surface area (Å²) in [6, 6.07) is 0.503. The minimum atomic E-state index is -0.178. The summed E-state index contributed by atoms with van der Waals surface area (Å²) in [5.74, 6) is -0.121. The molecule has 1 heterocycles. The van der Waals surface area contributed by atoms with Gasteiger partial charge in [-0.15, -0.1) is 0 Å². The molecular formula is C16H33N3O2. The minimum absolute atomic E-state index is 0.121. The fourth-order valence-electron chi connectivity index (χ4n) is 3.11. The lowest BCUT2D eigenvalue weighted by Crippen LogP contribution is -2.43. The van der Waals surface area contributed by atoms with Gasteiger partial charge in [0.05, 0.1) is 6.61 Å². The van der Waals surface area contributed by atoms with Crippen molar-refractivity contribution in [3.63, 3.8) is 0 Å². The molecule has 1 aliphatic heterocycles. The van der Waals surface area contributed by atoms with Crippen molar-refractivity contribution >= 4 is 5.97 Å². The molecule has 5 heteroatoms. The molecule has 0 spiro atoms. The Hall–Kier alpha value is -0.650. The van der Waals surface area contributed by atoms with Gasteiger partial charge in [0, 0.05) is 12.6 Å². The Morgan fingerprint density at radius 2 is 2.19 bits per heavy atom. The van der Waals surface area contributed by atoms with Gasteiger partial charge in [-0.05, 0) is 59.4 Å². The van der Waals surface area contributed by atoms with Crippen LogP contribution in [0.1, 0.15) is 40.0 Å². The molecule has 0 aromatic rings. The summed E-state index contributed by atoms with van der Waals surface area (Å²) in [7, 11) is 2.15. The Balaban J connectivity index is 2.35. The standard InChI is InChI=1S/C16H33N3O2/c1-5-17-15(16(20)21-7-3)10-12-18(4)13-14-9-8-11-19(14)6-2/h14-15,17H,5-13H2,1-4H3. The summed E-state index contributed by atoms with van der Waals surface area (Å²) in [5, 5.41) is 3.22. The Kier molecular flexibility index (Phi) is 8.88. The van der Waals surface area contributed by atoms with Crippen LogP contribution < -0.4 is 5.32 Å². The van der Waals surface area contributed by atoms with Gasteiger partial charge in [0.25, 0.3) is 0 Å². The largest absolute Gasteiger partial charge is 0.465 e. The van der Waals surface area contributed by atoms with Crippen molar-refractivity contribution in [2.45, 2.75) is 52.1 Å². The SMILES string of the molecule is CCNC(CCN(C)CC1CCCN1CC)C(=O)OCC. The number of likely N-dealkylation sites (N-methyl/N-ethyl adjacent to an activating group) is 3. The lowest BCUT2D eigenvalue weighted by atomic mass is 10.1. The lowest BCUT2D eigenvalue weighted by molar-refractivity contribution is -0.145. The predicted octanol–water partition coefficient (Wildman–Crippen LogP) is 1.33. The van der Waals surface area contributed by atoms with E-state index in [0.29, 0.717) is 12.6 Å². The van der Waals surface area contributed by atoms with Gasteiger partial charge in [-0.25, -0.2) is 0 Å². The summed E-state index contributed by atoms with van der Waals surface area (Å²) in [6.45, 7) is 11.7. The monoisotopic (exact) mass is 299 g/mol. The first-order valence-corrected chi connectivity index (χ1v) is 8.44. The highest BCUT2D eigenvalue weighted by atomic mass is 16.5. The van der Waals surface area contributed by atoms with Crippen LogP contribution in [0.3, 0.4) is 0 Å². The third kappa shape index (κ3) is 6.32. The van der Waals surface area contributed by atoms with Crippen molar-refractivity contribution in [2.75, 3.05) is 46.4 Å². The first kappa shape index (κ1) is 18.4. The highest BCUT2D eigenvalue weighted by Crippen LogP contribution is 2.17. The Bertz CT molecular complexity index is 299. The van der Waals surface area contributed by atoms with E-state index in [-0.39, 0.29) is 12.0 Å². The second-order valence-electron chi connectivity index (χ2n) is 5.84. The summed E-state index contributed by atoms with van der Waals surface area (Å²) >= 11 is 0. The number of ether oxygens (including phenoxy) is 1. The smallest absolute Gasteiger partial charge is 0.323 e. The molecule has 21 heavy (non-hydrogen) atoms. The lowest BCUT2D eigenvalue weighted by Gasteiger charge is -2.28. The number of nitrogens with one attached hydrogen (secondary N) is 1. The average molecular weight is 299 g/mol. The number of rotatable bonds is 10. The van der Waals surface area contributed by atoms with Gasteiger partial charge in [0.1, 0.15) is 6.04 Å². The van der Waals surface area contributed by atoms with Crippen LogP contribution in [0.5, 0.6) is 0 Å². The number of esters is 1. The summed E-state index contributed by atoms with van der Waals surface area (Å²) in [6.07, 6.45) is 3.42. The molecule has 2 atom stereocenters. The van der Waals surface area contributed by atoms with E-state index >= 15 is 0 Å². The van der Waals surface area contributed by atoms with E-state index in [4.69, 9.17) is 4.74 Å². The quantitative estimate of drug-likeness (QED) is 0.617. The number of hydrogen-bond donors (Lipinski definition) is 1. The number of carbonyl (C=O) groups is 1. The second kappa shape index (κ2) is 10.1. The molecule has 1 aliphatic rings. The fourth-order valence-corrected chi connectivity index (χ4v) is 3.11. The molecule has 0 radical (unpaired) electrons. The molecule has 0 aromatic heterocycles. The van der Waals surface area contributed by atoms with Crippen molar-refractivity contribution in [1.29, 1.82) is 0 Å². The van der Waals surface area contributed by atoms with Crippen LogP contribution >= 0.6 is 0 Å². The number of carbonyl (C=O) groups excluding carboxylic acids is 1. The molecule has 0 aromatic carbocycles. The van der Waals surface area contributed by atoms with E-state index in [9.17, 15) is 4.79 Å². The van der Waals surface area contributed by atoms with E-state index in [1.807, 2.05) is 13.8 Å². The molecule has 124 valence electrons. The first-order chi connectivity index (χ1) is 10.1. The minimum Gasteiger partial charge on any atom is -0.465 e. The van der Waals surface area contributed by atoms with Gasteiger partial charge in [0.15, 0.2) is 0 Å². The van der Waals surface area contributed by atoms with E-state index in [2.05, 4.69) is 29.1 Å². The van der Waals surface area contributed by atoms with Gasteiger partial charge in [0.2, 0.25) is 0 Å². The zero-order valence-electron chi connectivity index (χ0n) is 14.2. The van der Waals surface area contributed by atoms with Crippen LogP contribution in [0.2, 0.25) is 0 Å². The first-order valence-electron chi connectivity index (χ1n) is 8.44. The van der Waals surface area contributed by atoms with E-state index < -0.39 is 0 Å². The zero-order chi connectivity index (χ0) is 15.7. The van der Waals surface area contributed by atoms with Gasteiger partial charge >= 0.3 is 5.97 Å². The normalized spacial score (nSPS) is 20.9. The highest BCUT2D eigenvalue weighted by molar-refractivity contribution is 5.75. The highest BCUT2D eigenvalue weighted by Gasteiger charge is 2.25. The average Bonchev–Trinajstić information content (AvgIpc) is 2.90. The number of likely N-dealkylation sites (tertiary alicyclic amines) is 1. The van der Waals surface area contributed by atoms with Gasteiger partial charge < -0.3 is 15.0 Å². The van der Waals surface area contributed by atoms with Crippen molar-refractivity contribution in [1.82, 2.24) is 15.1 Å². The third-order valence-electron chi connectivity index (χ3n) is 4.25. The molecule has 2 unspecified atom stereocenters. The van der Waals surface area contributed by atoms with Crippen LogP contribution in [-0.2, 0) is 9.53 Å². The number of hydrogen-bond acceptors (Lipinski definition) is 5. The molecule has 0 bridgehead atoms. The molecule has 0 aliphatic carbocycles. The Morgan fingerprint density at radius 3 is 2.81 bits per heavy atom. The maximum absolute atomic E-state index is 11.9. The Morgan fingerprint density at radius 1 is 1.43 bits per heavy atom. The maximum atomic E-state index is 11.9. The van der Waals surface area contributed by atoms with E-state index in [1.165, 1.54) is 19.4 Å². The maximum Gasteiger partial charge on any atom is 0.323 e. The predicted molar refractivity (Wildman–Crippen MR) is 86.5 cm³/mol. The van der Waals surface area contributed by atoms with Crippen molar-refractivity contribution in [2.24, 2.45) is 0 Å². The van der Waals surface area contributed by atoms with Crippen LogP contribution in [-0.4, -0.2) is 74.2 Å². The van der Waals surface area contributed by atoms with Crippen molar-refractivity contribution < 1.29 is 9.53 Å². The molecular weight excluding hydrogens is 266 g/mol. The van der Waals surface area contributed by atoms with E-state index in [1.54, 1.807) is 0 Å². The van der Waals surface area contributed by atoms with Crippen LogP contribution in [0, 0.1) is 0 Å². The van der Waals surface area contributed by atoms with E-state index in [0.717, 1.165) is 32.6 Å². The number of nitrogens with zero attached hydrogens (tertiary/aromatic N) is 2. The van der Waals surface area contributed by atoms with Crippen LogP contribution in [0.15, 0.2) is 0 Å². The zero-order valence-corrected chi connectivity index (χ0v) is 14.2. The summed E-state index contributed by atoms with van der Waals surface area (Å²) in [4.78, 5) is 16.8. The van der Waals surface area contributed by atoms with Gasteiger partial charge in [-0.2, -0.15) is 0 Å². The summed E-state index contributed by atoms with van der Waals surface area (Å²) < 4.78 is 5.13. The Labute approximate surface area is 130 Å². The van der Waals surface area contributed by atoms with Crippen molar-refractivity contribution in [3.8, 4) is 0 Å². The third-order valence-corrected chi connectivity index (χ3v) is 4.25. The topological polar surface area (TPSA) is 44.8 Å². The fraction of sp³-hybridized carbons (Fsp3) is 0.938. The second-order valence-corrected chi connectivity index (χ2v) is 5.84. The molecule has 5 nitrogen and oxygen atoms in total. The van der Waals surface area contributed by atoms with Crippen LogP contribution in [0.4, 0.5) is 0 Å². The molecule has 0 saturated carbocycles. The van der Waals surface area contributed by atoms with Crippen molar-refractivity contribution in [3.05, 3.63) is 0 Å². The summed E-state index contributed by atoms with van der Waals surface area (Å²) in [5.41, 5.74) is 0. The molecule has 1 fully saturated rings. The molecule has 1 rings (SSSR count). The molecule has 0 amide bonds.